The van der Waals surface area contributed by atoms with Crippen LogP contribution >= 0.6 is 15.9 Å². The van der Waals surface area contributed by atoms with Gasteiger partial charge in [-0.2, -0.15) is 13.2 Å². The Kier molecular flexibility index (Phi) is 5.84. The lowest BCUT2D eigenvalue weighted by atomic mass is 10.0. The monoisotopic (exact) mass is 415 g/mol. The number of amides is 1. The van der Waals surface area contributed by atoms with Gasteiger partial charge in [0.2, 0.25) is 0 Å². The molecule has 0 fully saturated rings. The molecule has 0 unspecified atom stereocenters. The van der Waals surface area contributed by atoms with E-state index in [0.717, 1.165) is 18.2 Å². The van der Waals surface area contributed by atoms with Crippen LogP contribution in [0.1, 0.15) is 21.5 Å². The van der Waals surface area contributed by atoms with Gasteiger partial charge in [0.25, 0.3) is 5.91 Å². The molecule has 2 aromatic rings. The fourth-order valence-electron chi connectivity index (χ4n) is 2.25. The Hall–Kier alpha value is -2.35. The highest BCUT2D eigenvalue weighted by Crippen LogP contribution is 2.31. The first-order valence-electron chi connectivity index (χ1n) is 7.13. The zero-order chi connectivity index (χ0) is 18.6. The van der Waals surface area contributed by atoms with Gasteiger partial charge in [-0.05, 0) is 23.8 Å². The third-order valence-electron chi connectivity index (χ3n) is 3.46. The second-order valence-electron chi connectivity index (χ2n) is 5.20. The van der Waals surface area contributed by atoms with Gasteiger partial charge in [0.1, 0.15) is 6.04 Å². The number of carbonyl (C=O) groups is 2. The summed E-state index contributed by atoms with van der Waals surface area (Å²) in [5.74, 6) is -2.43. The van der Waals surface area contributed by atoms with Gasteiger partial charge in [-0.3, -0.25) is 4.79 Å². The zero-order valence-corrected chi connectivity index (χ0v) is 14.3. The molecule has 0 aliphatic heterocycles. The third kappa shape index (κ3) is 4.82. The van der Waals surface area contributed by atoms with Crippen molar-refractivity contribution in [3.05, 3.63) is 69.7 Å². The Morgan fingerprint density at radius 2 is 1.68 bits per heavy atom. The highest BCUT2D eigenvalue weighted by Gasteiger charge is 2.35. The number of hydrogen-bond acceptors (Lipinski definition) is 2. The number of alkyl halides is 3. The molecule has 132 valence electrons. The number of halogens is 4. The van der Waals surface area contributed by atoms with Crippen molar-refractivity contribution in [2.24, 2.45) is 0 Å². The van der Waals surface area contributed by atoms with E-state index < -0.39 is 35.2 Å². The number of carbonyl (C=O) groups excluding carboxylic acids is 1. The fourth-order valence-corrected chi connectivity index (χ4v) is 2.69. The van der Waals surface area contributed by atoms with Gasteiger partial charge in [-0.15, -0.1) is 0 Å². The molecule has 2 aromatic carbocycles. The SMILES string of the molecule is O=C(N[C@@H](Cc1ccccc1Br)C(=O)O)c1ccccc1C(F)(F)F. The average molecular weight is 416 g/mol. The van der Waals surface area contributed by atoms with Gasteiger partial charge in [-0.1, -0.05) is 46.3 Å². The maximum Gasteiger partial charge on any atom is 0.417 e. The van der Waals surface area contributed by atoms with Crippen LogP contribution in [0.4, 0.5) is 13.2 Å². The molecule has 0 bridgehead atoms. The minimum Gasteiger partial charge on any atom is -0.480 e. The normalized spacial score (nSPS) is 12.5. The molecule has 2 rings (SSSR count). The van der Waals surface area contributed by atoms with Crippen LogP contribution < -0.4 is 5.32 Å². The minimum atomic E-state index is -4.71. The predicted octanol–water partition coefficient (Wildman–Crippen LogP) is 3.89. The second kappa shape index (κ2) is 7.69. The first-order chi connectivity index (χ1) is 11.7. The Morgan fingerprint density at radius 1 is 1.08 bits per heavy atom. The lowest BCUT2D eigenvalue weighted by Crippen LogP contribution is -2.43. The van der Waals surface area contributed by atoms with Crippen molar-refractivity contribution >= 4 is 27.8 Å². The van der Waals surface area contributed by atoms with Crippen LogP contribution in [-0.2, 0) is 17.4 Å². The van der Waals surface area contributed by atoms with E-state index in [0.29, 0.717) is 10.0 Å². The summed E-state index contributed by atoms with van der Waals surface area (Å²) >= 11 is 3.27. The standard InChI is InChI=1S/C17H13BrF3NO3/c18-13-8-4-1-5-10(13)9-14(16(24)25)22-15(23)11-6-2-3-7-12(11)17(19,20)21/h1-8,14H,9H2,(H,22,23)(H,24,25)/t14-/m0/s1. The van der Waals surface area contributed by atoms with Gasteiger partial charge in [0.15, 0.2) is 0 Å². The number of benzene rings is 2. The molecule has 8 heteroatoms. The van der Waals surface area contributed by atoms with Gasteiger partial charge < -0.3 is 10.4 Å². The lowest BCUT2D eigenvalue weighted by molar-refractivity contribution is -0.139. The maximum atomic E-state index is 13.0. The highest BCUT2D eigenvalue weighted by atomic mass is 79.9. The molecule has 0 saturated heterocycles. The first-order valence-corrected chi connectivity index (χ1v) is 7.92. The molecule has 1 atom stereocenters. The number of hydrogen-bond donors (Lipinski definition) is 2. The zero-order valence-electron chi connectivity index (χ0n) is 12.7. The van der Waals surface area contributed by atoms with E-state index in [1.807, 2.05) is 0 Å². The number of nitrogens with one attached hydrogen (secondary N) is 1. The number of carboxylic acid groups (broad SMARTS) is 1. The van der Waals surface area contributed by atoms with Crippen molar-refractivity contribution in [1.29, 1.82) is 0 Å². The Balaban J connectivity index is 2.25. The van der Waals surface area contributed by atoms with Gasteiger partial charge in [0, 0.05) is 10.9 Å². The van der Waals surface area contributed by atoms with Crippen molar-refractivity contribution in [3.8, 4) is 0 Å². The van der Waals surface area contributed by atoms with E-state index in [4.69, 9.17) is 0 Å². The van der Waals surface area contributed by atoms with Crippen LogP contribution in [0.25, 0.3) is 0 Å². The fraction of sp³-hybridized carbons (Fsp3) is 0.176. The van der Waals surface area contributed by atoms with Crippen LogP contribution in [-0.4, -0.2) is 23.0 Å². The van der Waals surface area contributed by atoms with E-state index in [1.165, 1.54) is 6.07 Å². The molecule has 0 aliphatic carbocycles. The highest BCUT2D eigenvalue weighted by molar-refractivity contribution is 9.10. The first kappa shape index (κ1) is 19.0. The molecule has 0 heterocycles. The third-order valence-corrected chi connectivity index (χ3v) is 4.24. The summed E-state index contributed by atoms with van der Waals surface area (Å²) in [6.45, 7) is 0. The summed E-state index contributed by atoms with van der Waals surface area (Å²) in [5, 5.41) is 11.5. The summed E-state index contributed by atoms with van der Waals surface area (Å²) in [6.07, 6.45) is -4.79. The Bertz CT molecular complexity index is 793. The largest absolute Gasteiger partial charge is 0.480 e. The number of carboxylic acids is 1. The van der Waals surface area contributed by atoms with Crippen LogP contribution in [0.3, 0.4) is 0 Å². The minimum absolute atomic E-state index is 0.0727. The van der Waals surface area contributed by atoms with E-state index in [2.05, 4.69) is 21.2 Å². The molecular weight excluding hydrogens is 403 g/mol. The van der Waals surface area contributed by atoms with Crippen LogP contribution in [0, 0.1) is 0 Å². The van der Waals surface area contributed by atoms with Crippen molar-refractivity contribution < 1.29 is 27.9 Å². The summed E-state index contributed by atoms with van der Waals surface area (Å²) in [5.41, 5.74) is -1.12. The summed E-state index contributed by atoms with van der Waals surface area (Å²) in [7, 11) is 0. The Morgan fingerprint density at radius 3 is 2.28 bits per heavy atom. The molecule has 0 spiro atoms. The van der Waals surface area contributed by atoms with Crippen LogP contribution in [0.5, 0.6) is 0 Å². The van der Waals surface area contributed by atoms with Crippen LogP contribution in [0.15, 0.2) is 53.0 Å². The lowest BCUT2D eigenvalue weighted by Gasteiger charge is -2.17. The maximum absolute atomic E-state index is 13.0. The van der Waals surface area contributed by atoms with Crippen LogP contribution in [0.2, 0.25) is 0 Å². The van der Waals surface area contributed by atoms with E-state index in [9.17, 15) is 27.9 Å². The molecule has 2 N–H and O–H groups in total. The van der Waals surface area contributed by atoms with Crippen molar-refractivity contribution in [1.82, 2.24) is 5.32 Å². The number of aliphatic carboxylic acids is 1. The summed E-state index contributed by atoms with van der Waals surface area (Å²) < 4.78 is 39.7. The molecule has 0 radical (unpaired) electrons. The molecule has 0 saturated carbocycles. The average Bonchev–Trinajstić information content (AvgIpc) is 2.55. The molecule has 0 aliphatic rings. The quantitative estimate of drug-likeness (QED) is 0.778. The molecule has 4 nitrogen and oxygen atoms in total. The van der Waals surface area contributed by atoms with Gasteiger partial charge >= 0.3 is 12.1 Å². The van der Waals surface area contributed by atoms with Gasteiger partial charge in [0.05, 0.1) is 11.1 Å². The van der Waals surface area contributed by atoms with E-state index in [-0.39, 0.29) is 6.42 Å². The molecular formula is C17H13BrF3NO3. The molecule has 1 amide bonds. The second-order valence-corrected chi connectivity index (χ2v) is 6.06. The Labute approximate surface area is 149 Å². The topological polar surface area (TPSA) is 66.4 Å². The van der Waals surface area contributed by atoms with Crippen molar-refractivity contribution in [3.63, 3.8) is 0 Å². The van der Waals surface area contributed by atoms with Gasteiger partial charge in [-0.25, -0.2) is 4.79 Å². The molecule has 0 aromatic heterocycles. The predicted molar refractivity (Wildman–Crippen MR) is 88.2 cm³/mol. The smallest absolute Gasteiger partial charge is 0.417 e. The van der Waals surface area contributed by atoms with Crippen molar-refractivity contribution in [2.45, 2.75) is 18.6 Å². The van der Waals surface area contributed by atoms with E-state index >= 15 is 0 Å². The summed E-state index contributed by atoms with van der Waals surface area (Å²) in [6, 6.07) is 9.66. The van der Waals surface area contributed by atoms with E-state index in [1.54, 1.807) is 24.3 Å². The van der Waals surface area contributed by atoms with Crippen molar-refractivity contribution in [2.75, 3.05) is 0 Å². The summed E-state index contributed by atoms with van der Waals surface area (Å²) in [4.78, 5) is 23.6. The number of rotatable bonds is 5. The molecule has 25 heavy (non-hydrogen) atoms.